The van der Waals surface area contributed by atoms with Gasteiger partial charge in [0.05, 0.1) is 37.3 Å². The van der Waals surface area contributed by atoms with Crippen LogP contribution >= 0.6 is 11.6 Å². The third kappa shape index (κ3) is 4.57. The second-order valence-electron chi connectivity index (χ2n) is 6.65. The van der Waals surface area contributed by atoms with Gasteiger partial charge in [-0.25, -0.2) is 8.78 Å². The summed E-state index contributed by atoms with van der Waals surface area (Å²) < 4.78 is 31.9. The highest BCUT2D eigenvalue weighted by molar-refractivity contribution is 6.33. The number of rotatable bonds is 6. The van der Waals surface area contributed by atoms with E-state index in [2.05, 4.69) is 5.32 Å². The molecule has 0 radical (unpaired) electrons. The first-order chi connectivity index (χ1) is 13.0. The molecule has 1 atom stereocenters. The molecular formula is C20H22ClF2N2O2+. The molecular weight excluding hydrogens is 374 g/mol. The molecule has 27 heavy (non-hydrogen) atoms. The van der Waals surface area contributed by atoms with E-state index < -0.39 is 17.5 Å². The number of ether oxygens (including phenoxy) is 1. The van der Waals surface area contributed by atoms with Crippen molar-refractivity contribution in [3.8, 4) is 5.75 Å². The van der Waals surface area contributed by atoms with Gasteiger partial charge in [0, 0.05) is 18.4 Å². The van der Waals surface area contributed by atoms with E-state index >= 15 is 0 Å². The average molecular weight is 396 g/mol. The number of carbonyl (C=O) groups excluding carboxylic acids is 1. The quantitative estimate of drug-likeness (QED) is 0.739. The van der Waals surface area contributed by atoms with Crippen molar-refractivity contribution in [3.63, 3.8) is 0 Å². The second kappa shape index (κ2) is 8.67. The number of amides is 1. The first-order valence-corrected chi connectivity index (χ1v) is 9.28. The maximum Gasteiger partial charge on any atom is 0.253 e. The van der Waals surface area contributed by atoms with Crippen molar-refractivity contribution in [2.24, 2.45) is 0 Å². The number of quaternary nitrogens is 1. The van der Waals surface area contributed by atoms with Crippen LogP contribution in [0.1, 0.15) is 34.8 Å². The smallest absolute Gasteiger partial charge is 0.253 e. The van der Waals surface area contributed by atoms with Crippen molar-refractivity contribution in [1.29, 1.82) is 0 Å². The van der Waals surface area contributed by atoms with E-state index in [0.29, 0.717) is 6.54 Å². The molecule has 0 aliphatic carbocycles. The molecule has 0 bridgehead atoms. The van der Waals surface area contributed by atoms with Crippen LogP contribution in [0.5, 0.6) is 5.75 Å². The predicted molar refractivity (Wildman–Crippen MR) is 99.4 cm³/mol. The first kappa shape index (κ1) is 19.6. The van der Waals surface area contributed by atoms with Crippen molar-refractivity contribution in [1.82, 2.24) is 5.32 Å². The molecule has 4 nitrogen and oxygen atoms in total. The van der Waals surface area contributed by atoms with E-state index in [1.165, 1.54) is 4.90 Å². The molecule has 1 aliphatic heterocycles. The fraction of sp³-hybridized carbons (Fsp3) is 0.350. The van der Waals surface area contributed by atoms with Gasteiger partial charge in [-0.15, -0.1) is 0 Å². The molecule has 144 valence electrons. The lowest BCUT2D eigenvalue weighted by Gasteiger charge is -2.25. The Morgan fingerprint density at radius 2 is 1.81 bits per heavy atom. The van der Waals surface area contributed by atoms with Crippen LogP contribution in [-0.2, 0) is 0 Å². The molecule has 2 N–H and O–H groups in total. The number of hydrogen-bond donors (Lipinski definition) is 2. The number of nitrogens with one attached hydrogen (secondary N) is 2. The van der Waals surface area contributed by atoms with Crippen LogP contribution in [0.3, 0.4) is 0 Å². The van der Waals surface area contributed by atoms with Gasteiger partial charge >= 0.3 is 0 Å². The Labute approximate surface area is 162 Å². The van der Waals surface area contributed by atoms with Gasteiger partial charge in [0.1, 0.15) is 11.8 Å². The van der Waals surface area contributed by atoms with E-state index in [4.69, 9.17) is 16.3 Å². The van der Waals surface area contributed by atoms with Crippen LogP contribution < -0.4 is 15.0 Å². The van der Waals surface area contributed by atoms with E-state index in [-0.39, 0.29) is 16.6 Å². The summed E-state index contributed by atoms with van der Waals surface area (Å²) in [5.74, 6) is -1.92. The van der Waals surface area contributed by atoms with E-state index in [1.54, 1.807) is 7.11 Å². The molecule has 0 saturated carbocycles. The van der Waals surface area contributed by atoms with Gasteiger partial charge in [0.25, 0.3) is 5.91 Å². The van der Waals surface area contributed by atoms with Crippen molar-refractivity contribution in [3.05, 3.63) is 64.2 Å². The Kier molecular flexibility index (Phi) is 6.29. The van der Waals surface area contributed by atoms with E-state index in [9.17, 15) is 13.6 Å². The largest absolute Gasteiger partial charge is 0.497 e. The lowest BCUT2D eigenvalue weighted by atomic mass is 10.0. The van der Waals surface area contributed by atoms with Crippen LogP contribution in [0.2, 0.25) is 5.02 Å². The zero-order valence-electron chi connectivity index (χ0n) is 15.0. The summed E-state index contributed by atoms with van der Waals surface area (Å²) in [6, 6.07) is 9.48. The Morgan fingerprint density at radius 3 is 2.44 bits per heavy atom. The van der Waals surface area contributed by atoms with Gasteiger partial charge in [-0.3, -0.25) is 4.79 Å². The van der Waals surface area contributed by atoms with Gasteiger partial charge in [-0.1, -0.05) is 11.6 Å². The molecule has 2 aromatic carbocycles. The molecule has 7 heteroatoms. The second-order valence-corrected chi connectivity index (χ2v) is 7.05. The van der Waals surface area contributed by atoms with Crippen LogP contribution in [0.25, 0.3) is 0 Å². The normalized spacial score (nSPS) is 15.6. The fourth-order valence-corrected chi connectivity index (χ4v) is 3.73. The Morgan fingerprint density at radius 1 is 1.19 bits per heavy atom. The minimum Gasteiger partial charge on any atom is -0.497 e. The van der Waals surface area contributed by atoms with Gasteiger partial charge < -0.3 is 15.0 Å². The topological polar surface area (TPSA) is 42.8 Å². The zero-order chi connectivity index (χ0) is 19.4. The third-order valence-electron chi connectivity index (χ3n) is 4.98. The standard InChI is InChI=1S/C20H21ClF2N2O2/c1-27-14-6-4-13(5-7-14)19(25-8-2-3-9-25)12-24-20(26)15-10-17(22)18(23)11-16(15)21/h4-7,10-11,19H,2-3,8-9,12H2,1H3,(H,24,26)/p+1/t19-/m1/s1. The predicted octanol–water partition coefficient (Wildman–Crippen LogP) is 2.78. The van der Waals surface area contributed by atoms with Crippen molar-refractivity contribution < 1.29 is 23.2 Å². The zero-order valence-corrected chi connectivity index (χ0v) is 15.8. The van der Waals surface area contributed by atoms with Crippen LogP contribution in [0, 0.1) is 11.6 Å². The molecule has 1 fully saturated rings. The number of hydrogen-bond acceptors (Lipinski definition) is 2. The van der Waals surface area contributed by atoms with E-state index in [1.807, 2.05) is 24.3 Å². The van der Waals surface area contributed by atoms with Crippen LogP contribution in [0.15, 0.2) is 36.4 Å². The Hall–Kier alpha value is -2.18. The number of methoxy groups -OCH3 is 1. The van der Waals surface area contributed by atoms with Gasteiger partial charge in [-0.05, 0) is 36.4 Å². The average Bonchev–Trinajstić information content (AvgIpc) is 3.19. The highest BCUT2D eigenvalue weighted by Gasteiger charge is 2.28. The molecule has 1 saturated heterocycles. The molecule has 0 unspecified atom stereocenters. The lowest BCUT2D eigenvalue weighted by Crippen LogP contribution is -3.11. The highest BCUT2D eigenvalue weighted by Crippen LogP contribution is 2.21. The Balaban J connectivity index is 1.76. The summed E-state index contributed by atoms with van der Waals surface area (Å²) in [7, 11) is 1.62. The summed E-state index contributed by atoms with van der Waals surface area (Å²) in [4.78, 5) is 13.9. The highest BCUT2D eigenvalue weighted by atomic mass is 35.5. The van der Waals surface area contributed by atoms with E-state index in [0.717, 1.165) is 49.4 Å². The first-order valence-electron chi connectivity index (χ1n) is 8.91. The molecule has 1 heterocycles. The monoisotopic (exact) mass is 395 g/mol. The Bertz CT molecular complexity index is 808. The summed E-state index contributed by atoms with van der Waals surface area (Å²) in [5.41, 5.74) is 1.02. The van der Waals surface area contributed by atoms with Gasteiger partial charge in [0.15, 0.2) is 11.6 Å². The summed E-state index contributed by atoms with van der Waals surface area (Å²) in [6.07, 6.45) is 2.29. The molecule has 1 amide bonds. The maximum absolute atomic E-state index is 13.5. The SMILES string of the molecule is COc1ccc([C@@H](CNC(=O)c2cc(F)c(F)cc2Cl)[NH+]2CCCC2)cc1. The minimum absolute atomic E-state index is 0.0615. The summed E-state index contributed by atoms with van der Waals surface area (Å²) >= 11 is 5.90. The number of carbonyl (C=O) groups is 1. The number of benzene rings is 2. The summed E-state index contributed by atoms with van der Waals surface area (Å²) in [6.45, 7) is 2.42. The lowest BCUT2D eigenvalue weighted by molar-refractivity contribution is -0.918. The van der Waals surface area contributed by atoms with Crippen LogP contribution in [-0.4, -0.2) is 32.7 Å². The van der Waals surface area contributed by atoms with Crippen molar-refractivity contribution >= 4 is 17.5 Å². The molecule has 0 spiro atoms. The third-order valence-corrected chi connectivity index (χ3v) is 5.29. The molecule has 0 aromatic heterocycles. The fourth-order valence-electron chi connectivity index (χ4n) is 3.50. The summed E-state index contributed by atoms with van der Waals surface area (Å²) in [5, 5.41) is 2.72. The van der Waals surface area contributed by atoms with Gasteiger partial charge in [0.2, 0.25) is 0 Å². The molecule has 1 aliphatic rings. The van der Waals surface area contributed by atoms with Gasteiger partial charge in [-0.2, -0.15) is 0 Å². The number of likely N-dealkylation sites (tertiary alicyclic amines) is 1. The van der Waals surface area contributed by atoms with Crippen molar-refractivity contribution in [2.75, 3.05) is 26.7 Å². The molecule has 3 rings (SSSR count). The van der Waals surface area contributed by atoms with Crippen molar-refractivity contribution in [2.45, 2.75) is 18.9 Å². The van der Waals surface area contributed by atoms with Crippen LogP contribution in [0.4, 0.5) is 8.78 Å². The minimum atomic E-state index is -1.10. The number of halogens is 3. The molecule has 2 aromatic rings. The maximum atomic E-state index is 13.5.